The van der Waals surface area contributed by atoms with Crippen LogP contribution in [0.1, 0.15) is 18.4 Å². The summed E-state index contributed by atoms with van der Waals surface area (Å²) in [7, 11) is 0. The molecule has 0 aliphatic carbocycles. The molecular weight excluding hydrogens is 244 g/mol. The van der Waals surface area contributed by atoms with E-state index in [-0.39, 0.29) is 6.61 Å². The number of rotatable bonds is 6. The van der Waals surface area contributed by atoms with Gasteiger partial charge in [0, 0.05) is 11.9 Å². The molecule has 0 radical (unpaired) electrons. The predicted molar refractivity (Wildman–Crippen MR) is 60.9 cm³/mol. The van der Waals surface area contributed by atoms with E-state index in [0.717, 1.165) is 23.9 Å². The third-order valence-electron chi connectivity index (χ3n) is 1.90. The van der Waals surface area contributed by atoms with Gasteiger partial charge in [0.1, 0.15) is 5.75 Å². The van der Waals surface area contributed by atoms with Gasteiger partial charge in [0.2, 0.25) is 0 Å². The minimum Gasteiger partial charge on any atom is -0.494 e. The summed E-state index contributed by atoms with van der Waals surface area (Å²) in [5.74, 6) is 0.896. The van der Waals surface area contributed by atoms with Crippen molar-refractivity contribution in [2.45, 2.75) is 18.2 Å². The van der Waals surface area contributed by atoms with E-state index >= 15 is 0 Å². The van der Waals surface area contributed by atoms with Crippen molar-refractivity contribution in [1.29, 1.82) is 0 Å². The van der Waals surface area contributed by atoms with Crippen LogP contribution in [0.2, 0.25) is 0 Å². The molecule has 0 aromatic heterocycles. The predicted octanol–water partition coefficient (Wildman–Crippen LogP) is 2.73. The van der Waals surface area contributed by atoms with Gasteiger partial charge < -0.3 is 9.84 Å². The number of alkyl halides is 1. The highest BCUT2D eigenvalue weighted by molar-refractivity contribution is 9.08. The minimum absolute atomic E-state index is 0.242. The highest BCUT2D eigenvalue weighted by atomic mass is 79.9. The second-order valence-electron chi connectivity index (χ2n) is 3.06. The standard InChI is InChI=1S/C11H15BrO2/c12-9-10-3-5-11(6-4-10)14-8-2-1-7-13/h3-6,13H,1-2,7-9H2. The Morgan fingerprint density at radius 3 is 2.43 bits per heavy atom. The van der Waals surface area contributed by atoms with Crippen molar-refractivity contribution in [1.82, 2.24) is 0 Å². The minimum atomic E-state index is 0.242. The molecule has 1 aromatic carbocycles. The molecule has 2 nitrogen and oxygen atoms in total. The van der Waals surface area contributed by atoms with Gasteiger partial charge in [0.25, 0.3) is 0 Å². The van der Waals surface area contributed by atoms with Crippen LogP contribution in [-0.2, 0) is 5.33 Å². The summed E-state index contributed by atoms with van der Waals surface area (Å²) < 4.78 is 5.48. The molecule has 0 saturated carbocycles. The van der Waals surface area contributed by atoms with Crippen LogP contribution in [0.15, 0.2) is 24.3 Å². The number of hydrogen-bond donors (Lipinski definition) is 1. The van der Waals surface area contributed by atoms with Gasteiger partial charge in [-0.15, -0.1) is 0 Å². The van der Waals surface area contributed by atoms with E-state index in [1.165, 1.54) is 5.56 Å². The maximum atomic E-state index is 8.57. The van der Waals surface area contributed by atoms with Gasteiger partial charge in [-0.1, -0.05) is 28.1 Å². The molecule has 0 atom stereocenters. The van der Waals surface area contributed by atoms with E-state index in [9.17, 15) is 0 Å². The van der Waals surface area contributed by atoms with Gasteiger partial charge in [-0.25, -0.2) is 0 Å². The van der Waals surface area contributed by atoms with E-state index < -0.39 is 0 Å². The number of halogens is 1. The molecule has 1 aromatic rings. The van der Waals surface area contributed by atoms with E-state index in [2.05, 4.69) is 15.9 Å². The van der Waals surface area contributed by atoms with Gasteiger partial charge in [0.15, 0.2) is 0 Å². The van der Waals surface area contributed by atoms with Crippen molar-refractivity contribution in [3.63, 3.8) is 0 Å². The van der Waals surface area contributed by atoms with Gasteiger partial charge in [-0.2, -0.15) is 0 Å². The molecule has 3 heteroatoms. The molecule has 0 amide bonds. The lowest BCUT2D eigenvalue weighted by molar-refractivity contribution is 0.253. The molecule has 0 saturated heterocycles. The number of aliphatic hydroxyl groups is 1. The molecule has 0 bridgehead atoms. The Hall–Kier alpha value is -0.540. The zero-order chi connectivity index (χ0) is 10.2. The maximum Gasteiger partial charge on any atom is 0.119 e. The summed E-state index contributed by atoms with van der Waals surface area (Å²) in [6, 6.07) is 8.01. The van der Waals surface area contributed by atoms with Crippen LogP contribution >= 0.6 is 15.9 Å². The summed E-state index contributed by atoms with van der Waals surface area (Å²) in [4.78, 5) is 0. The lowest BCUT2D eigenvalue weighted by Gasteiger charge is -2.05. The Kier molecular flexibility index (Phi) is 5.64. The van der Waals surface area contributed by atoms with Crippen LogP contribution < -0.4 is 4.74 Å². The van der Waals surface area contributed by atoms with Gasteiger partial charge in [-0.05, 0) is 30.5 Å². The fraction of sp³-hybridized carbons (Fsp3) is 0.455. The molecule has 0 unspecified atom stereocenters. The largest absolute Gasteiger partial charge is 0.494 e. The average Bonchev–Trinajstić information content (AvgIpc) is 2.25. The Morgan fingerprint density at radius 2 is 1.86 bits per heavy atom. The molecular formula is C11H15BrO2. The Bertz CT molecular complexity index is 246. The summed E-state index contributed by atoms with van der Waals surface area (Å²) in [5, 5.41) is 9.44. The van der Waals surface area contributed by atoms with Crippen LogP contribution in [0.5, 0.6) is 5.75 Å². The van der Waals surface area contributed by atoms with Crippen LogP contribution in [0.4, 0.5) is 0 Å². The summed E-state index contributed by atoms with van der Waals surface area (Å²) in [6.45, 7) is 0.917. The van der Waals surface area contributed by atoms with Crippen LogP contribution in [0.3, 0.4) is 0 Å². The topological polar surface area (TPSA) is 29.5 Å². The smallest absolute Gasteiger partial charge is 0.119 e. The fourth-order valence-electron chi connectivity index (χ4n) is 1.08. The third-order valence-corrected chi connectivity index (χ3v) is 2.55. The molecule has 0 heterocycles. The number of ether oxygens (including phenoxy) is 1. The molecule has 1 rings (SSSR count). The number of unbranched alkanes of at least 4 members (excludes halogenated alkanes) is 1. The monoisotopic (exact) mass is 258 g/mol. The zero-order valence-electron chi connectivity index (χ0n) is 8.08. The van der Waals surface area contributed by atoms with E-state index in [1.807, 2.05) is 24.3 Å². The molecule has 1 N–H and O–H groups in total. The average molecular weight is 259 g/mol. The summed E-state index contributed by atoms with van der Waals surface area (Å²) in [6.07, 6.45) is 1.70. The Balaban J connectivity index is 2.29. The van der Waals surface area contributed by atoms with Crippen molar-refractivity contribution < 1.29 is 9.84 Å². The van der Waals surface area contributed by atoms with Crippen molar-refractivity contribution in [2.75, 3.05) is 13.2 Å². The number of hydrogen-bond acceptors (Lipinski definition) is 2. The third kappa shape index (κ3) is 4.11. The molecule has 14 heavy (non-hydrogen) atoms. The van der Waals surface area contributed by atoms with Crippen LogP contribution in [0, 0.1) is 0 Å². The number of benzene rings is 1. The lowest BCUT2D eigenvalue weighted by Crippen LogP contribution is -1.98. The van der Waals surface area contributed by atoms with Gasteiger partial charge in [0.05, 0.1) is 6.61 Å². The lowest BCUT2D eigenvalue weighted by atomic mass is 10.2. The maximum absolute atomic E-state index is 8.57. The van der Waals surface area contributed by atoms with E-state index in [1.54, 1.807) is 0 Å². The SMILES string of the molecule is OCCCCOc1ccc(CBr)cc1. The second-order valence-corrected chi connectivity index (χ2v) is 3.62. The first-order chi connectivity index (χ1) is 6.86. The molecule has 0 spiro atoms. The summed E-state index contributed by atoms with van der Waals surface area (Å²) in [5.41, 5.74) is 1.24. The molecule has 0 aliphatic heterocycles. The van der Waals surface area contributed by atoms with Crippen molar-refractivity contribution in [3.05, 3.63) is 29.8 Å². The van der Waals surface area contributed by atoms with Crippen molar-refractivity contribution >= 4 is 15.9 Å². The zero-order valence-corrected chi connectivity index (χ0v) is 9.66. The van der Waals surface area contributed by atoms with Gasteiger partial charge in [-0.3, -0.25) is 0 Å². The Labute approximate surface area is 93.0 Å². The quantitative estimate of drug-likeness (QED) is 0.628. The van der Waals surface area contributed by atoms with Gasteiger partial charge >= 0.3 is 0 Å². The molecule has 78 valence electrons. The highest BCUT2D eigenvalue weighted by Gasteiger charge is 1.94. The first-order valence-corrected chi connectivity index (χ1v) is 5.87. The molecule has 0 fully saturated rings. The first-order valence-electron chi connectivity index (χ1n) is 4.75. The normalized spacial score (nSPS) is 10.1. The second kappa shape index (κ2) is 6.85. The summed E-state index contributed by atoms with van der Waals surface area (Å²) >= 11 is 3.39. The van der Waals surface area contributed by atoms with Crippen molar-refractivity contribution in [3.8, 4) is 5.75 Å². The Morgan fingerprint density at radius 1 is 1.14 bits per heavy atom. The van der Waals surface area contributed by atoms with Crippen molar-refractivity contribution in [2.24, 2.45) is 0 Å². The fourth-order valence-corrected chi connectivity index (χ4v) is 1.45. The number of aliphatic hydroxyl groups excluding tert-OH is 1. The van der Waals surface area contributed by atoms with Crippen LogP contribution in [0.25, 0.3) is 0 Å². The molecule has 0 aliphatic rings. The van der Waals surface area contributed by atoms with E-state index in [4.69, 9.17) is 9.84 Å². The van der Waals surface area contributed by atoms with E-state index in [0.29, 0.717) is 6.61 Å². The van der Waals surface area contributed by atoms with Crippen LogP contribution in [-0.4, -0.2) is 18.3 Å². The highest BCUT2D eigenvalue weighted by Crippen LogP contribution is 2.14. The first kappa shape index (κ1) is 11.5.